The Hall–Kier alpha value is -3.66. The largest absolute Gasteiger partial charge is 0.479 e. The van der Waals surface area contributed by atoms with Crippen molar-refractivity contribution >= 4 is 17.3 Å². The predicted molar refractivity (Wildman–Crippen MR) is 103 cm³/mol. The molecule has 0 aliphatic rings. The van der Waals surface area contributed by atoms with Crippen LogP contribution in [0.1, 0.15) is 23.6 Å². The molecule has 0 unspecified atom stereocenters. The minimum atomic E-state index is 0.0516. The number of nitriles is 1. The molecule has 7 heteroatoms. The zero-order valence-corrected chi connectivity index (χ0v) is 15.4. The minimum Gasteiger partial charge on any atom is -0.479 e. The van der Waals surface area contributed by atoms with Crippen molar-refractivity contribution in [2.75, 3.05) is 14.2 Å². The molecule has 0 aliphatic carbocycles. The van der Waals surface area contributed by atoms with E-state index in [1.54, 1.807) is 6.19 Å². The molecule has 138 valence electrons. The third kappa shape index (κ3) is 5.41. The lowest BCUT2D eigenvalue weighted by molar-refractivity contribution is 0.130. The van der Waals surface area contributed by atoms with Gasteiger partial charge in [0.05, 0.1) is 12.8 Å². The smallest absolute Gasteiger partial charge is 0.254 e. The highest BCUT2D eigenvalue weighted by Crippen LogP contribution is 2.14. The maximum Gasteiger partial charge on any atom is 0.254 e. The molecule has 0 aromatic heterocycles. The van der Waals surface area contributed by atoms with Gasteiger partial charge in [-0.2, -0.15) is 5.26 Å². The average Bonchev–Trinajstić information content (AvgIpc) is 2.71. The molecule has 0 bridgehead atoms. The van der Waals surface area contributed by atoms with E-state index in [4.69, 9.17) is 19.7 Å². The quantitative estimate of drug-likeness (QED) is 0.325. The van der Waals surface area contributed by atoms with Gasteiger partial charge < -0.3 is 14.4 Å². The van der Waals surface area contributed by atoms with Crippen molar-refractivity contribution in [3.8, 4) is 6.19 Å². The van der Waals surface area contributed by atoms with E-state index < -0.39 is 0 Å². The van der Waals surface area contributed by atoms with Gasteiger partial charge in [-0.15, -0.1) is 4.99 Å². The molecule has 0 radical (unpaired) electrons. The average molecular weight is 364 g/mol. The maximum atomic E-state index is 8.86. The summed E-state index contributed by atoms with van der Waals surface area (Å²) in [4.78, 5) is 14.1. The van der Waals surface area contributed by atoms with Gasteiger partial charge in [0.15, 0.2) is 5.71 Å². The Kier molecular flexibility index (Phi) is 7.54. The number of hydrogen-bond donors (Lipinski definition) is 0. The fraction of sp³-hybridized carbons (Fsp3) is 0.200. The second-order valence-corrected chi connectivity index (χ2v) is 5.32. The van der Waals surface area contributed by atoms with Crippen molar-refractivity contribution in [1.29, 1.82) is 5.26 Å². The van der Waals surface area contributed by atoms with Crippen molar-refractivity contribution in [3.05, 3.63) is 71.3 Å². The lowest BCUT2D eigenvalue weighted by Crippen LogP contribution is -2.20. The summed E-state index contributed by atoms with van der Waals surface area (Å²) in [7, 11) is 2.82. The molecule has 0 saturated carbocycles. The Morgan fingerprint density at radius 2 is 1.70 bits per heavy atom. The van der Waals surface area contributed by atoms with E-state index in [1.165, 1.54) is 14.2 Å². The van der Waals surface area contributed by atoms with Crippen LogP contribution in [0.15, 0.2) is 69.9 Å². The van der Waals surface area contributed by atoms with Crippen LogP contribution in [0.25, 0.3) is 0 Å². The van der Waals surface area contributed by atoms with Crippen LogP contribution >= 0.6 is 0 Å². The van der Waals surface area contributed by atoms with Gasteiger partial charge in [0.25, 0.3) is 5.90 Å². The molecule has 2 rings (SSSR count). The highest BCUT2D eigenvalue weighted by atomic mass is 16.6. The van der Waals surface area contributed by atoms with E-state index in [0.29, 0.717) is 11.3 Å². The number of aliphatic imine (C=N–C) groups is 1. The maximum absolute atomic E-state index is 8.86. The SMILES string of the molecule is CO/N=C(/C(=NC#N)OC)c1ccccc1CO/N=C(\C)c1ccccc1. The first-order valence-corrected chi connectivity index (χ1v) is 8.13. The number of hydrogen-bond acceptors (Lipinski definition) is 7. The van der Waals surface area contributed by atoms with Gasteiger partial charge in [0.2, 0.25) is 6.19 Å². The number of rotatable bonds is 7. The third-order valence-corrected chi connectivity index (χ3v) is 3.62. The zero-order chi connectivity index (χ0) is 19.5. The van der Waals surface area contributed by atoms with Crippen LogP contribution in [0.5, 0.6) is 0 Å². The summed E-state index contributed by atoms with van der Waals surface area (Å²) in [5, 5.41) is 17.0. The lowest BCUT2D eigenvalue weighted by Gasteiger charge is -2.11. The summed E-state index contributed by atoms with van der Waals surface area (Å²) in [6.45, 7) is 2.08. The molecular formula is C20H20N4O3. The Morgan fingerprint density at radius 1 is 1.00 bits per heavy atom. The minimum absolute atomic E-state index is 0.0516. The van der Waals surface area contributed by atoms with Gasteiger partial charge in [0, 0.05) is 11.1 Å². The molecule has 0 spiro atoms. The highest BCUT2D eigenvalue weighted by molar-refractivity contribution is 6.45. The summed E-state index contributed by atoms with van der Waals surface area (Å²) in [5.41, 5.74) is 3.51. The van der Waals surface area contributed by atoms with Gasteiger partial charge in [-0.05, 0) is 12.5 Å². The zero-order valence-electron chi connectivity index (χ0n) is 15.4. The second kappa shape index (κ2) is 10.4. The third-order valence-electron chi connectivity index (χ3n) is 3.62. The molecular weight excluding hydrogens is 344 g/mol. The van der Waals surface area contributed by atoms with Crippen LogP contribution in [0.4, 0.5) is 0 Å². The first kappa shape index (κ1) is 19.7. The Morgan fingerprint density at radius 3 is 2.37 bits per heavy atom. The Balaban J connectivity index is 2.26. The van der Waals surface area contributed by atoms with E-state index in [9.17, 15) is 0 Å². The standard InChI is InChI=1S/C20H20N4O3/c1-15(16-9-5-4-6-10-16)23-27-13-17-11-7-8-12-18(17)19(24-26-3)20(25-2)22-14-21/h4-12H,13H2,1-3H3/b22-20?,23-15+,24-19+. The molecule has 0 atom stereocenters. The normalized spacial score (nSPS) is 12.3. The molecule has 2 aromatic carbocycles. The predicted octanol–water partition coefficient (Wildman–Crippen LogP) is 3.50. The topological polar surface area (TPSA) is 88.6 Å². The molecule has 7 nitrogen and oxygen atoms in total. The molecule has 27 heavy (non-hydrogen) atoms. The fourth-order valence-electron chi connectivity index (χ4n) is 2.34. The van der Waals surface area contributed by atoms with Crippen LogP contribution in [-0.2, 0) is 21.0 Å². The summed E-state index contributed by atoms with van der Waals surface area (Å²) in [6, 6.07) is 17.1. The van der Waals surface area contributed by atoms with Gasteiger partial charge in [-0.25, -0.2) is 0 Å². The summed E-state index contributed by atoms with van der Waals surface area (Å²) in [6.07, 6.45) is 1.70. The van der Waals surface area contributed by atoms with Gasteiger partial charge in [0.1, 0.15) is 13.7 Å². The summed E-state index contributed by atoms with van der Waals surface area (Å²) < 4.78 is 5.16. The molecule has 0 N–H and O–H groups in total. The molecule has 0 saturated heterocycles. The van der Waals surface area contributed by atoms with E-state index in [-0.39, 0.29) is 12.5 Å². The molecule has 2 aromatic rings. The first-order chi connectivity index (χ1) is 13.2. The van der Waals surface area contributed by atoms with Crippen molar-refractivity contribution in [2.24, 2.45) is 15.3 Å². The Bertz CT molecular complexity index is 884. The van der Waals surface area contributed by atoms with Gasteiger partial charge >= 0.3 is 0 Å². The van der Waals surface area contributed by atoms with Gasteiger partial charge in [-0.1, -0.05) is 64.9 Å². The molecule has 0 heterocycles. The Labute approximate surface area is 158 Å². The monoisotopic (exact) mass is 364 g/mol. The van der Waals surface area contributed by atoms with Crippen LogP contribution in [0.3, 0.4) is 0 Å². The van der Waals surface area contributed by atoms with Crippen LogP contribution < -0.4 is 0 Å². The number of nitrogens with zero attached hydrogens (tertiary/aromatic N) is 4. The summed E-state index contributed by atoms with van der Waals surface area (Å²) in [5.74, 6) is 0.0516. The number of benzene rings is 2. The van der Waals surface area contributed by atoms with Crippen LogP contribution in [-0.4, -0.2) is 31.5 Å². The molecule has 0 amide bonds. The number of methoxy groups -OCH3 is 1. The molecule has 0 aliphatic heterocycles. The van der Waals surface area contributed by atoms with Crippen molar-refractivity contribution in [2.45, 2.75) is 13.5 Å². The highest BCUT2D eigenvalue weighted by Gasteiger charge is 2.18. The van der Waals surface area contributed by atoms with Crippen molar-refractivity contribution in [3.63, 3.8) is 0 Å². The van der Waals surface area contributed by atoms with Gasteiger partial charge in [-0.3, -0.25) is 0 Å². The number of ether oxygens (including phenoxy) is 1. The molecule has 0 fully saturated rings. The second-order valence-electron chi connectivity index (χ2n) is 5.32. The van der Waals surface area contributed by atoms with E-state index >= 15 is 0 Å². The van der Waals surface area contributed by atoms with Crippen LogP contribution in [0, 0.1) is 11.5 Å². The van der Waals surface area contributed by atoms with E-state index in [1.807, 2.05) is 61.5 Å². The summed E-state index contributed by atoms with van der Waals surface area (Å²) >= 11 is 0. The van der Waals surface area contributed by atoms with E-state index in [0.717, 1.165) is 16.8 Å². The van der Waals surface area contributed by atoms with E-state index in [2.05, 4.69) is 15.3 Å². The number of oxime groups is 2. The van der Waals surface area contributed by atoms with Crippen molar-refractivity contribution < 1.29 is 14.4 Å². The van der Waals surface area contributed by atoms with Crippen LogP contribution in [0.2, 0.25) is 0 Å². The first-order valence-electron chi connectivity index (χ1n) is 8.13. The van der Waals surface area contributed by atoms with Crippen molar-refractivity contribution in [1.82, 2.24) is 0 Å². The lowest BCUT2D eigenvalue weighted by atomic mass is 10.0. The fourth-order valence-corrected chi connectivity index (χ4v) is 2.34.